The molecular formula is C27H36F2N4O4. The normalized spacial score (nSPS) is 13.0. The number of hydrogen-bond donors (Lipinski definition) is 5. The Morgan fingerprint density at radius 2 is 1.76 bits per heavy atom. The van der Waals surface area contributed by atoms with Crippen molar-refractivity contribution < 1.29 is 28.9 Å². The van der Waals surface area contributed by atoms with Gasteiger partial charge in [0.05, 0.1) is 24.9 Å². The van der Waals surface area contributed by atoms with Crippen molar-refractivity contribution in [3.63, 3.8) is 0 Å². The van der Waals surface area contributed by atoms with Gasteiger partial charge in [-0.3, -0.25) is 4.79 Å². The van der Waals surface area contributed by atoms with Crippen LogP contribution < -0.4 is 11.1 Å². The van der Waals surface area contributed by atoms with Crippen molar-refractivity contribution >= 4 is 5.97 Å². The molecule has 0 saturated heterocycles. The number of imidazole rings is 1. The highest BCUT2D eigenvalue weighted by Gasteiger charge is 2.31. The zero-order chi connectivity index (χ0) is 27.6. The van der Waals surface area contributed by atoms with Crippen molar-refractivity contribution in [2.24, 2.45) is 11.1 Å². The molecule has 0 unspecified atom stereocenters. The molecule has 0 radical (unpaired) electrons. The second kappa shape index (κ2) is 13.9. The van der Waals surface area contributed by atoms with E-state index in [9.17, 15) is 13.6 Å². The van der Waals surface area contributed by atoms with Crippen LogP contribution in [0.3, 0.4) is 0 Å². The smallest absolute Gasteiger partial charge is 0.320 e. The number of aromatic nitrogens is 2. The summed E-state index contributed by atoms with van der Waals surface area (Å²) in [6.07, 6.45) is 1.97. The minimum atomic E-state index is -1.06. The minimum Gasteiger partial charge on any atom is -0.480 e. The van der Waals surface area contributed by atoms with Crippen molar-refractivity contribution in [2.45, 2.75) is 45.8 Å². The van der Waals surface area contributed by atoms with Crippen molar-refractivity contribution in [2.75, 3.05) is 19.8 Å². The average Bonchev–Trinajstić information content (AvgIpc) is 3.25. The number of aliphatic hydroxyl groups excluding tert-OH is 2. The second-order valence-electron chi connectivity index (χ2n) is 9.66. The van der Waals surface area contributed by atoms with Crippen LogP contribution in [-0.2, 0) is 11.3 Å². The van der Waals surface area contributed by atoms with Crippen LogP contribution in [0.5, 0.6) is 0 Å². The largest absolute Gasteiger partial charge is 0.480 e. The molecule has 0 saturated carbocycles. The third-order valence-electron chi connectivity index (χ3n) is 5.55. The van der Waals surface area contributed by atoms with Crippen molar-refractivity contribution in [3.8, 4) is 11.3 Å². The molecule has 1 heterocycles. The molecule has 202 valence electrons. The summed E-state index contributed by atoms with van der Waals surface area (Å²) in [6.45, 7) is 6.70. The number of carboxylic acids is 1. The fourth-order valence-corrected chi connectivity index (χ4v) is 3.68. The van der Waals surface area contributed by atoms with Gasteiger partial charge in [-0.1, -0.05) is 51.1 Å². The van der Waals surface area contributed by atoms with Gasteiger partial charge >= 0.3 is 5.97 Å². The number of aliphatic carboxylic acids is 1. The minimum absolute atomic E-state index is 0.0867. The van der Waals surface area contributed by atoms with Gasteiger partial charge in [0.25, 0.3) is 0 Å². The Bertz CT molecular complexity index is 1130. The molecule has 0 aliphatic heterocycles. The second-order valence-corrected chi connectivity index (χ2v) is 9.66. The Labute approximate surface area is 215 Å². The van der Waals surface area contributed by atoms with Crippen LogP contribution in [0.4, 0.5) is 8.78 Å². The number of nitrogens with two attached hydrogens (primary N) is 1. The number of nitrogens with zero attached hydrogens (tertiary/aromatic N) is 2. The van der Waals surface area contributed by atoms with E-state index >= 15 is 0 Å². The van der Waals surface area contributed by atoms with E-state index in [0.717, 1.165) is 23.8 Å². The summed E-state index contributed by atoms with van der Waals surface area (Å²) in [6, 6.07) is 11.8. The molecule has 3 rings (SSSR count). The summed E-state index contributed by atoms with van der Waals surface area (Å²) in [7, 11) is 0. The highest BCUT2D eigenvalue weighted by molar-refractivity contribution is 5.73. The van der Waals surface area contributed by atoms with E-state index < -0.39 is 23.6 Å². The van der Waals surface area contributed by atoms with Gasteiger partial charge in [-0.05, 0) is 42.1 Å². The quantitative estimate of drug-likeness (QED) is 0.278. The molecule has 0 fully saturated rings. The summed E-state index contributed by atoms with van der Waals surface area (Å²) in [5.41, 5.74) is 6.79. The SMILES string of the molecule is CC(C)(C)[C@@H](NCC[C@H](N)C(=O)O)c1nc(-c2cc(F)ccc2F)cn1Cc1ccccc1.OCCO. The molecule has 2 atom stereocenters. The monoisotopic (exact) mass is 518 g/mol. The highest BCUT2D eigenvalue weighted by Crippen LogP contribution is 2.34. The van der Waals surface area contributed by atoms with Crippen LogP contribution in [0, 0.1) is 17.0 Å². The van der Waals surface area contributed by atoms with E-state index in [-0.39, 0.29) is 36.7 Å². The fraction of sp³-hybridized carbons (Fsp3) is 0.407. The van der Waals surface area contributed by atoms with Crippen molar-refractivity contribution in [1.29, 1.82) is 0 Å². The lowest BCUT2D eigenvalue weighted by Crippen LogP contribution is -2.39. The van der Waals surface area contributed by atoms with E-state index in [4.69, 9.17) is 26.0 Å². The van der Waals surface area contributed by atoms with Gasteiger partial charge in [0.2, 0.25) is 0 Å². The van der Waals surface area contributed by atoms with E-state index in [2.05, 4.69) is 5.32 Å². The van der Waals surface area contributed by atoms with Crippen LogP contribution in [-0.4, -0.2) is 56.6 Å². The number of carbonyl (C=O) groups is 1. The summed E-state index contributed by atoms with van der Waals surface area (Å²) >= 11 is 0. The van der Waals surface area contributed by atoms with Crippen LogP contribution in [0.1, 0.15) is 44.6 Å². The fourth-order valence-electron chi connectivity index (χ4n) is 3.68. The molecule has 8 nitrogen and oxygen atoms in total. The van der Waals surface area contributed by atoms with Crippen LogP contribution in [0.15, 0.2) is 54.7 Å². The zero-order valence-corrected chi connectivity index (χ0v) is 21.4. The molecule has 0 aliphatic carbocycles. The molecule has 2 aromatic carbocycles. The van der Waals surface area contributed by atoms with Gasteiger partial charge in [0.15, 0.2) is 0 Å². The van der Waals surface area contributed by atoms with Crippen LogP contribution >= 0.6 is 0 Å². The number of aliphatic hydroxyl groups is 2. The molecule has 0 bridgehead atoms. The first-order valence-corrected chi connectivity index (χ1v) is 12.0. The summed E-state index contributed by atoms with van der Waals surface area (Å²) in [4.78, 5) is 15.8. The van der Waals surface area contributed by atoms with E-state index in [1.807, 2.05) is 55.7 Å². The number of carboxylic acid groups (broad SMARTS) is 1. The number of rotatable bonds is 10. The molecular weight excluding hydrogens is 482 g/mol. The van der Waals surface area contributed by atoms with Gasteiger partial charge in [-0.15, -0.1) is 0 Å². The summed E-state index contributed by atoms with van der Waals surface area (Å²) in [5.74, 6) is -1.51. The lowest BCUT2D eigenvalue weighted by atomic mass is 9.86. The first-order valence-electron chi connectivity index (χ1n) is 12.0. The third-order valence-corrected chi connectivity index (χ3v) is 5.55. The maximum atomic E-state index is 14.5. The Morgan fingerprint density at radius 1 is 1.11 bits per heavy atom. The summed E-state index contributed by atoms with van der Waals surface area (Å²) < 4.78 is 30.3. The Morgan fingerprint density at radius 3 is 2.32 bits per heavy atom. The van der Waals surface area contributed by atoms with Crippen molar-refractivity contribution in [3.05, 3.63) is 77.8 Å². The van der Waals surface area contributed by atoms with Gasteiger partial charge in [-0.25, -0.2) is 13.8 Å². The molecule has 1 aromatic heterocycles. The zero-order valence-electron chi connectivity index (χ0n) is 21.4. The third kappa shape index (κ3) is 9.01. The highest BCUT2D eigenvalue weighted by atomic mass is 19.1. The lowest BCUT2D eigenvalue weighted by molar-refractivity contribution is -0.138. The molecule has 6 N–H and O–H groups in total. The number of benzene rings is 2. The first kappa shape index (κ1) is 30.0. The lowest BCUT2D eigenvalue weighted by Gasteiger charge is -2.32. The van der Waals surface area contributed by atoms with Crippen LogP contribution in [0.2, 0.25) is 0 Å². The van der Waals surface area contributed by atoms with E-state index in [0.29, 0.717) is 24.6 Å². The first-order chi connectivity index (χ1) is 17.5. The van der Waals surface area contributed by atoms with Gasteiger partial charge in [0, 0.05) is 18.3 Å². The van der Waals surface area contributed by atoms with Gasteiger partial charge in [-0.2, -0.15) is 0 Å². The Balaban J connectivity index is 0.00000112. The molecule has 0 amide bonds. The average molecular weight is 519 g/mol. The maximum absolute atomic E-state index is 14.5. The van der Waals surface area contributed by atoms with Crippen molar-refractivity contribution in [1.82, 2.24) is 14.9 Å². The topological polar surface area (TPSA) is 134 Å². The maximum Gasteiger partial charge on any atom is 0.320 e. The van der Waals surface area contributed by atoms with Crippen LogP contribution in [0.25, 0.3) is 11.3 Å². The predicted molar refractivity (Wildman–Crippen MR) is 138 cm³/mol. The van der Waals surface area contributed by atoms with E-state index in [1.165, 1.54) is 0 Å². The molecule has 3 aromatic rings. The standard InChI is InChI=1S/C25H30F2N4O2.C2H6O2/c1-25(2,3)22(29-12-11-20(28)24(32)33)23-30-21(18-13-17(26)9-10-19(18)27)15-31(23)14-16-7-5-4-6-8-16;3-1-2-4/h4-10,13,15,20,22,29H,11-12,14,28H2,1-3H3,(H,32,33);3-4H,1-2H2/t20-,22-;/m0./s1. The molecule has 0 spiro atoms. The number of nitrogens with one attached hydrogen (secondary N) is 1. The number of hydrogen-bond acceptors (Lipinski definition) is 6. The predicted octanol–water partition coefficient (Wildman–Crippen LogP) is 3.33. The molecule has 10 heteroatoms. The van der Waals surface area contributed by atoms with E-state index in [1.54, 1.807) is 6.20 Å². The summed E-state index contributed by atoms with van der Waals surface area (Å²) in [5, 5.41) is 27.7. The number of halogens is 2. The molecule has 37 heavy (non-hydrogen) atoms. The van der Waals surface area contributed by atoms with Gasteiger partial charge < -0.3 is 30.9 Å². The molecule has 0 aliphatic rings. The Hall–Kier alpha value is -3.18. The Kier molecular flexibility index (Phi) is 11.3. The van der Waals surface area contributed by atoms with Gasteiger partial charge in [0.1, 0.15) is 23.5 Å².